The first kappa shape index (κ1) is 17.6. The zero-order valence-corrected chi connectivity index (χ0v) is 16.1. The van der Waals surface area contributed by atoms with Crippen molar-refractivity contribution in [2.45, 2.75) is 11.8 Å². The van der Waals surface area contributed by atoms with E-state index >= 15 is 0 Å². The van der Waals surface area contributed by atoms with Crippen molar-refractivity contribution in [1.82, 2.24) is 9.88 Å². The lowest BCUT2D eigenvalue weighted by atomic mass is 9.95. The van der Waals surface area contributed by atoms with Crippen LogP contribution < -0.4 is 4.74 Å². The summed E-state index contributed by atoms with van der Waals surface area (Å²) in [4.78, 5) is 11.2. The fourth-order valence-corrected chi connectivity index (χ4v) is 4.76. The fraction of sp³-hybridized carbons (Fsp3) is 0.368. The normalized spacial score (nSPS) is 24.5. The van der Waals surface area contributed by atoms with Crippen LogP contribution in [0.25, 0.3) is 0 Å². The van der Waals surface area contributed by atoms with Gasteiger partial charge in [0.05, 0.1) is 24.0 Å². The third-order valence-electron chi connectivity index (χ3n) is 5.24. The van der Waals surface area contributed by atoms with Gasteiger partial charge in [-0.25, -0.2) is 14.4 Å². The number of hydrogen-bond acceptors (Lipinski definition) is 4. The number of likely N-dealkylation sites (tertiary alicyclic amines) is 1. The molecular formula is C19H19ClFN3OS. The highest BCUT2D eigenvalue weighted by Gasteiger charge is 2.62. The number of piperidine rings is 1. The molecule has 2 aromatic rings. The topological polar surface area (TPSA) is 37.7 Å². The standard InChI is InChI=1S/C19H19ClFN3OS/c1-25-16-7-6-13(9-22-16)23-18(26-2)24-10-12-8-19(12,11-24)14-4-3-5-15(21)17(14)20/h3-7,9,12H,8,10-11H2,1-2H3/t12-,19-/m0/s1. The molecule has 0 spiro atoms. The molecule has 0 N–H and O–H groups in total. The van der Waals surface area contributed by atoms with Gasteiger partial charge in [0, 0.05) is 24.6 Å². The number of rotatable bonds is 3. The molecule has 2 aliphatic rings. The number of hydrogen-bond donors (Lipinski definition) is 0. The van der Waals surface area contributed by atoms with Crippen LogP contribution >= 0.6 is 23.4 Å². The van der Waals surface area contributed by atoms with Crippen LogP contribution in [0.1, 0.15) is 12.0 Å². The number of ether oxygens (including phenoxy) is 1. The number of fused-ring (bicyclic) bond motifs is 1. The van der Waals surface area contributed by atoms with Crippen LogP contribution in [0.2, 0.25) is 5.02 Å². The third kappa shape index (κ3) is 2.95. The van der Waals surface area contributed by atoms with E-state index in [4.69, 9.17) is 21.3 Å². The molecule has 0 bridgehead atoms. The van der Waals surface area contributed by atoms with Gasteiger partial charge in [-0.2, -0.15) is 0 Å². The average molecular weight is 392 g/mol. The first-order valence-corrected chi connectivity index (χ1v) is 10.00. The molecule has 2 atom stereocenters. The van der Waals surface area contributed by atoms with E-state index in [1.807, 2.05) is 18.4 Å². The Bertz CT molecular complexity index is 860. The summed E-state index contributed by atoms with van der Waals surface area (Å²) in [6.07, 6.45) is 4.77. The molecule has 4 rings (SSSR count). The van der Waals surface area contributed by atoms with Gasteiger partial charge in [-0.1, -0.05) is 35.5 Å². The van der Waals surface area contributed by atoms with Gasteiger partial charge in [0.2, 0.25) is 5.88 Å². The predicted octanol–water partition coefficient (Wildman–Crippen LogP) is 4.51. The minimum Gasteiger partial charge on any atom is -0.481 e. The molecule has 1 saturated carbocycles. The highest BCUT2D eigenvalue weighted by molar-refractivity contribution is 8.13. The second-order valence-corrected chi connectivity index (χ2v) is 7.85. The van der Waals surface area contributed by atoms with Crippen LogP contribution in [-0.2, 0) is 5.41 Å². The Labute approximate surface area is 161 Å². The average Bonchev–Trinajstić information content (AvgIpc) is 3.23. The zero-order chi connectivity index (χ0) is 18.3. The van der Waals surface area contributed by atoms with Crippen molar-refractivity contribution in [2.75, 3.05) is 26.5 Å². The van der Waals surface area contributed by atoms with Gasteiger partial charge >= 0.3 is 0 Å². The summed E-state index contributed by atoms with van der Waals surface area (Å²) >= 11 is 7.87. The summed E-state index contributed by atoms with van der Waals surface area (Å²) in [5.41, 5.74) is 1.67. The van der Waals surface area contributed by atoms with Crippen LogP contribution in [0.15, 0.2) is 41.5 Å². The number of nitrogens with zero attached hydrogens (tertiary/aromatic N) is 3. The van der Waals surface area contributed by atoms with Crippen molar-refractivity contribution in [2.24, 2.45) is 10.9 Å². The summed E-state index contributed by atoms with van der Waals surface area (Å²) in [7, 11) is 1.59. The molecule has 1 aliphatic heterocycles. The third-order valence-corrected chi connectivity index (χ3v) is 6.34. The van der Waals surface area contributed by atoms with Crippen LogP contribution in [0.4, 0.5) is 10.1 Å². The second kappa shape index (κ2) is 6.74. The van der Waals surface area contributed by atoms with E-state index in [1.54, 1.807) is 37.2 Å². The molecule has 7 heteroatoms. The fourth-order valence-electron chi connectivity index (χ4n) is 3.85. The van der Waals surface area contributed by atoms with Crippen LogP contribution in [0, 0.1) is 11.7 Å². The molecule has 2 heterocycles. The monoisotopic (exact) mass is 391 g/mol. The smallest absolute Gasteiger partial charge is 0.213 e. The lowest BCUT2D eigenvalue weighted by molar-refractivity contribution is 0.398. The molecule has 2 fully saturated rings. The number of pyridine rings is 1. The lowest BCUT2D eigenvalue weighted by Gasteiger charge is -2.24. The van der Waals surface area contributed by atoms with Gasteiger partial charge in [-0.15, -0.1) is 0 Å². The van der Waals surface area contributed by atoms with E-state index < -0.39 is 0 Å². The Hall–Kier alpha value is -1.79. The molecule has 26 heavy (non-hydrogen) atoms. The number of benzene rings is 1. The number of aliphatic imine (C=N–C) groups is 1. The van der Waals surface area contributed by atoms with Gasteiger partial charge in [-0.05, 0) is 36.3 Å². The van der Waals surface area contributed by atoms with Crippen LogP contribution in [0.5, 0.6) is 5.88 Å². The predicted molar refractivity (Wildman–Crippen MR) is 104 cm³/mol. The van der Waals surface area contributed by atoms with E-state index in [0.29, 0.717) is 11.8 Å². The summed E-state index contributed by atoms with van der Waals surface area (Å²) in [5, 5.41) is 1.20. The van der Waals surface area contributed by atoms with Crippen LogP contribution in [0.3, 0.4) is 0 Å². The maximum Gasteiger partial charge on any atom is 0.213 e. The molecule has 0 unspecified atom stereocenters. The maximum atomic E-state index is 13.9. The van der Waals surface area contributed by atoms with Crippen molar-refractivity contribution < 1.29 is 9.13 Å². The summed E-state index contributed by atoms with van der Waals surface area (Å²) in [6, 6.07) is 8.80. The molecule has 4 nitrogen and oxygen atoms in total. The number of aromatic nitrogens is 1. The second-order valence-electron chi connectivity index (χ2n) is 6.70. The van der Waals surface area contributed by atoms with E-state index in [-0.39, 0.29) is 16.3 Å². The molecule has 1 aromatic carbocycles. The summed E-state index contributed by atoms with van der Waals surface area (Å²) < 4.78 is 19.0. The zero-order valence-electron chi connectivity index (χ0n) is 14.6. The Balaban J connectivity index is 1.57. The summed E-state index contributed by atoms with van der Waals surface area (Å²) in [6.45, 7) is 1.72. The van der Waals surface area contributed by atoms with Gasteiger partial charge in [-0.3, -0.25) is 0 Å². The molecule has 136 valence electrons. The van der Waals surface area contributed by atoms with Crippen LogP contribution in [-0.4, -0.2) is 41.5 Å². The quantitative estimate of drug-likeness (QED) is 0.570. The van der Waals surface area contributed by atoms with Crippen molar-refractivity contribution >= 4 is 34.2 Å². The molecular weight excluding hydrogens is 373 g/mol. The minimum absolute atomic E-state index is 0.0478. The van der Waals surface area contributed by atoms with Crippen molar-refractivity contribution in [1.29, 1.82) is 0 Å². The van der Waals surface area contributed by atoms with E-state index in [0.717, 1.165) is 35.9 Å². The number of methoxy groups -OCH3 is 1. The Morgan fingerprint density at radius 1 is 1.42 bits per heavy atom. The molecule has 1 aliphatic carbocycles. The number of thioether (sulfide) groups is 1. The number of amidine groups is 1. The van der Waals surface area contributed by atoms with E-state index in [9.17, 15) is 4.39 Å². The van der Waals surface area contributed by atoms with Gasteiger partial charge in [0.25, 0.3) is 0 Å². The number of halogens is 2. The Morgan fingerprint density at radius 3 is 2.96 bits per heavy atom. The van der Waals surface area contributed by atoms with Gasteiger partial charge < -0.3 is 9.64 Å². The Morgan fingerprint density at radius 2 is 2.27 bits per heavy atom. The highest BCUT2D eigenvalue weighted by Crippen LogP contribution is 2.60. The highest BCUT2D eigenvalue weighted by atomic mass is 35.5. The van der Waals surface area contributed by atoms with Gasteiger partial charge in [0.1, 0.15) is 5.82 Å². The molecule has 0 amide bonds. The SMILES string of the molecule is COc1ccc(N=C(SC)N2C[C@@H]3C[C@]3(c3cccc(F)c3Cl)C2)cn1. The van der Waals surface area contributed by atoms with Crippen molar-refractivity contribution in [3.8, 4) is 5.88 Å². The van der Waals surface area contributed by atoms with Crippen molar-refractivity contribution in [3.05, 3.63) is 52.9 Å². The molecule has 1 saturated heterocycles. The first-order valence-electron chi connectivity index (χ1n) is 8.39. The van der Waals surface area contributed by atoms with E-state index in [1.165, 1.54) is 6.07 Å². The first-order chi connectivity index (χ1) is 12.6. The largest absolute Gasteiger partial charge is 0.481 e. The minimum atomic E-state index is -0.342. The van der Waals surface area contributed by atoms with E-state index in [2.05, 4.69) is 9.88 Å². The van der Waals surface area contributed by atoms with Gasteiger partial charge in [0.15, 0.2) is 5.17 Å². The Kier molecular flexibility index (Phi) is 4.57. The maximum absolute atomic E-state index is 13.9. The summed E-state index contributed by atoms with van der Waals surface area (Å²) in [5.74, 6) is 0.718. The molecule has 0 radical (unpaired) electrons. The lowest BCUT2D eigenvalue weighted by Crippen LogP contribution is -2.31. The van der Waals surface area contributed by atoms with Crippen molar-refractivity contribution in [3.63, 3.8) is 0 Å². The molecule has 1 aromatic heterocycles.